The molecule has 2 rings (SSSR count). The molecule has 2 N–H and O–H groups in total. The number of amides is 1. The van der Waals surface area contributed by atoms with E-state index in [1.807, 2.05) is 19.1 Å². The number of halogens is 1. The maximum Gasteiger partial charge on any atom is 0.254 e. The second kappa shape index (κ2) is 9.39. The van der Waals surface area contributed by atoms with Crippen LogP contribution in [-0.4, -0.2) is 36.0 Å². The summed E-state index contributed by atoms with van der Waals surface area (Å²) < 4.78 is 5.57. The smallest absolute Gasteiger partial charge is 0.254 e. The predicted octanol–water partition coefficient (Wildman–Crippen LogP) is 3.69. The number of carbonyl (C=O) groups excluding carboxylic acids is 1. The third-order valence-corrected chi connectivity index (χ3v) is 4.32. The molecule has 134 valence electrons. The van der Waals surface area contributed by atoms with Crippen LogP contribution in [0.4, 0.5) is 0 Å². The van der Waals surface area contributed by atoms with E-state index in [-0.39, 0.29) is 11.9 Å². The quantitative estimate of drug-likeness (QED) is 0.728. The Kier molecular flexibility index (Phi) is 7.22. The van der Waals surface area contributed by atoms with E-state index in [2.05, 4.69) is 4.98 Å². The molecule has 1 aromatic carbocycles. The minimum absolute atomic E-state index is 0.0412. The lowest BCUT2D eigenvalue weighted by Gasteiger charge is -2.27. The summed E-state index contributed by atoms with van der Waals surface area (Å²) in [6.07, 6.45) is 5.06. The molecule has 0 aliphatic carbocycles. The molecule has 0 saturated heterocycles. The first-order valence-electron chi connectivity index (χ1n) is 8.38. The molecular formula is C19H24ClN3O2. The van der Waals surface area contributed by atoms with E-state index in [0.29, 0.717) is 29.5 Å². The van der Waals surface area contributed by atoms with E-state index in [4.69, 9.17) is 22.1 Å². The summed E-state index contributed by atoms with van der Waals surface area (Å²) in [6.45, 7) is 3.11. The van der Waals surface area contributed by atoms with Crippen LogP contribution in [0.3, 0.4) is 0 Å². The first-order valence-corrected chi connectivity index (χ1v) is 8.75. The molecular weight excluding hydrogens is 338 g/mol. The van der Waals surface area contributed by atoms with Crippen LogP contribution in [0.2, 0.25) is 5.02 Å². The maximum atomic E-state index is 12.8. The Morgan fingerprint density at radius 3 is 2.80 bits per heavy atom. The van der Waals surface area contributed by atoms with E-state index in [0.717, 1.165) is 18.4 Å². The van der Waals surface area contributed by atoms with Gasteiger partial charge in [-0.05, 0) is 49.2 Å². The molecule has 0 bridgehead atoms. The highest BCUT2D eigenvalue weighted by atomic mass is 35.5. The lowest BCUT2D eigenvalue weighted by molar-refractivity contribution is 0.0726. The molecule has 0 saturated carbocycles. The van der Waals surface area contributed by atoms with Crippen molar-refractivity contribution in [3.8, 4) is 5.75 Å². The first-order chi connectivity index (χ1) is 12.1. The molecule has 25 heavy (non-hydrogen) atoms. The number of benzene rings is 1. The van der Waals surface area contributed by atoms with Gasteiger partial charge in [0, 0.05) is 25.0 Å². The summed E-state index contributed by atoms with van der Waals surface area (Å²) in [5, 5.41) is 0.422. The van der Waals surface area contributed by atoms with E-state index in [9.17, 15) is 4.79 Å². The van der Waals surface area contributed by atoms with Gasteiger partial charge in [0.2, 0.25) is 0 Å². The van der Waals surface area contributed by atoms with Crippen molar-refractivity contribution < 1.29 is 9.53 Å². The van der Waals surface area contributed by atoms with Crippen molar-refractivity contribution in [3.63, 3.8) is 0 Å². The van der Waals surface area contributed by atoms with Crippen molar-refractivity contribution >= 4 is 17.5 Å². The predicted molar refractivity (Wildman–Crippen MR) is 100.0 cm³/mol. The zero-order valence-electron chi connectivity index (χ0n) is 14.6. The van der Waals surface area contributed by atoms with Crippen LogP contribution >= 0.6 is 11.6 Å². The van der Waals surface area contributed by atoms with Crippen LogP contribution in [0.15, 0.2) is 42.7 Å². The van der Waals surface area contributed by atoms with Gasteiger partial charge in [0.25, 0.3) is 5.91 Å². The molecule has 1 unspecified atom stereocenters. The normalized spacial score (nSPS) is 11.8. The molecule has 6 heteroatoms. The van der Waals surface area contributed by atoms with Gasteiger partial charge in [-0.1, -0.05) is 24.6 Å². The number of hydrogen-bond donors (Lipinski definition) is 1. The fourth-order valence-electron chi connectivity index (χ4n) is 2.67. The Hall–Kier alpha value is -2.11. The Morgan fingerprint density at radius 1 is 1.40 bits per heavy atom. The molecule has 1 heterocycles. The standard InChI is InChI=1S/C19H24ClN3O2/c1-3-17(15-6-4-10-22-13-15)23(2)19(24)14-7-8-18(16(20)12-14)25-11-5-9-21/h4,6-8,10,12-13,17H,3,5,9,11,21H2,1-2H3. The van der Waals surface area contributed by atoms with Gasteiger partial charge in [0.15, 0.2) is 0 Å². The van der Waals surface area contributed by atoms with Gasteiger partial charge in [-0.2, -0.15) is 0 Å². The Balaban J connectivity index is 2.14. The SMILES string of the molecule is CCC(c1cccnc1)N(C)C(=O)c1ccc(OCCCN)c(Cl)c1. The van der Waals surface area contributed by atoms with Gasteiger partial charge in [-0.15, -0.1) is 0 Å². The highest BCUT2D eigenvalue weighted by Gasteiger charge is 2.22. The summed E-state index contributed by atoms with van der Waals surface area (Å²) in [5.74, 6) is 0.472. The van der Waals surface area contributed by atoms with Gasteiger partial charge >= 0.3 is 0 Å². The molecule has 0 fully saturated rings. The van der Waals surface area contributed by atoms with Gasteiger partial charge in [0.05, 0.1) is 17.7 Å². The monoisotopic (exact) mass is 361 g/mol. The van der Waals surface area contributed by atoms with E-state index in [1.54, 1.807) is 42.5 Å². The topological polar surface area (TPSA) is 68.5 Å². The van der Waals surface area contributed by atoms with E-state index >= 15 is 0 Å². The molecule has 0 aliphatic rings. The number of rotatable bonds is 8. The highest BCUT2D eigenvalue weighted by Crippen LogP contribution is 2.28. The summed E-state index contributed by atoms with van der Waals surface area (Å²) in [5.41, 5.74) is 6.99. The molecule has 0 radical (unpaired) electrons. The minimum Gasteiger partial charge on any atom is -0.492 e. The van der Waals surface area contributed by atoms with Gasteiger partial charge in [0.1, 0.15) is 5.75 Å². The van der Waals surface area contributed by atoms with Crippen molar-refractivity contribution in [3.05, 3.63) is 58.9 Å². The van der Waals surface area contributed by atoms with Crippen LogP contribution in [0.25, 0.3) is 0 Å². The van der Waals surface area contributed by atoms with Crippen LogP contribution in [0.1, 0.15) is 41.7 Å². The second-order valence-corrected chi connectivity index (χ2v) is 6.17. The number of aromatic nitrogens is 1. The average Bonchev–Trinajstić information content (AvgIpc) is 2.64. The first kappa shape index (κ1) is 19.2. The molecule has 1 amide bonds. The number of nitrogens with two attached hydrogens (primary N) is 1. The third-order valence-electron chi connectivity index (χ3n) is 4.03. The summed E-state index contributed by atoms with van der Waals surface area (Å²) in [4.78, 5) is 18.7. The molecule has 0 aliphatic heterocycles. The van der Waals surface area contributed by atoms with Gasteiger partial charge in [-0.25, -0.2) is 0 Å². The molecule has 1 atom stereocenters. The molecule has 5 nitrogen and oxygen atoms in total. The fourth-order valence-corrected chi connectivity index (χ4v) is 2.90. The van der Waals surface area contributed by atoms with Crippen LogP contribution in [0, 0.1) is 0 Å². The minimum atomic E-state index is -0.0916. The number of nitrogens with zero attached hydrogens (tertiary/aromatic N) is 2. The lowest BCUT2D eigenvalue weighted by atomic mass is 10.0. The molecule has 1 aromatic heterocycles. The highest BCUT2D eigenvalue weighted by molar-refractivity contribution is 6.32. The average molecular weight is 362 g/mol. The van der Waals surface area contributed by atoms with Crippen molar-refractivity contribution in [2.45, 2.75) is 25.8 Å². The Labute approximate surface area is 153 Å². The van der Waals surface area contributed by atoms with Crippen LogP contribution in [0.5, 0.6) is 5.75 Å². The number of pyridine rings is 1. The zero-order chi connectivity index (χ0) is 18.2. The zero-order valence-corrected chi connectivity index (χ0v) is 15.4. The van der Waals surface area contributed by atoms with Crippen molar-refractivity contribution in [1.82, 2.24) is 9.88 Å². The van der Waals surface area contributed by atoms with Gasteiger partial charge < -0.3 is 15.4 Å². The Bertz CT molecular complexity index is 694. The van der Waals surface area contributed by atoms with Crippen LogP contribution < -0.4 is 10.5 Å². The van der Waals surface area contributed by atoms with Crippen molar-refractivity contribution in [2.75, 3.05) is 20.2 Å². The maximum absolute atomic E-state index is 12.8. The number of hydrogen-bond acceptors (Lipinski definition) is 4. The third kappa shape index (κ3) is 4.94. The molecule has 0 spiro atoms. The summed E-state index contributed by atoms with van der Waals surface area (Å²) >= 11 is 6.25. The lowest BCUT2D eigenvalue weighted by Crippen LogP contribution is -2.31. The Morgan fingerprint density at radius 2 is 2.20 bits per heavy atom. The largest absolute Gasteiger partial charge is 0.492 e. The van der Waals surface area contributed by atoms with Gasteiger partial charge in [-0.3, -0.25) is 9.78 Å². The van der Waals surface area contributed by atoms with Crippen molar-refractivity contribution in [2.24, 2.45) is 5.73 Å². The van der Waals surface area contributed by atoms with Crippen LogP contribution in [-0.2, 0) is 0 Å². The van der Waals surface area contributed by atoms with Crippen molar-refractivity contribution in [1.29, 1.82) is 0 Å². The fraction of sp³-hybridized carbons (Fsp3) is 0.368. The number of carbonyl (C=O) groups is 1. The van der Waals surface area contributed by atoms with E-state index in [1.165, 1.54) is 0 Å². The summed E-state index contributed by atoms with van der Waals surface area (Å²) in [7, 11) is 1.79. The summed E-state index contributed by atoms with van der Waals surface area (Å²) in [6, 6.07) is 8.92. The van der Waals surface area contributed by atoms with E-state index < -0.39 is 0 Å². The number of ether oxygens (including phenoxy) is 1. The second-order valence-electron chi connectivity index (χ2n) is 5.76. The molecule has 2 aromatic rings.